The van der Waals surface area contributed by atoms with Crippen molar-refractivity contribution in [1.29, 1.82) is 0 Å². The lowest BCUT2D eigenvalue weighted by Crippen LogP contribution is -2.37. The highest BCUT2D eigenvalue weighted by Gasteiger charge is 2.47. The van der Waals surface area contributed by atoms with E-state index in [1.54, 1.807) is 24.3 Å². The minimum Gasteiger partial charge on any atom is -0.376 e. The molecule has 1 aromatic heterocycles. The van der Waals surface area contributed by atoms with Crippen LogP contribution >= 0.6 is 15.9 Å². The van der Waals surface area contributed by atoms with Gasteiger partial charge in [0.15, 0.2) is 6.04 Å². The van der Waals surface area contributed by atoms with Crippen LogP contribution in [0.2, 0.25) is 0 Å². The highest BCUT2D eigenvalue weighted by atomic mass is 79.9. The Balaban J connectivity index is 1.60. The van der Waals surface area contributed by atoms with Crippen molar-refractivity contribution in [3.05, 3.63) is 46.1 Å². The molecule has 10 heteroatoms. The molecular weight excluding hydrogens is 453 g/mol. The van der Waals surface area contributed by atoms with Gasteiger partial charge in [0.1, 0.15) is 11.4 Å². The van der Waals surface area contributed by atoms with E-state index in [9.17, 15) is 18.0 Å². The lowest BCUT2D eigenvalue weighted by atomic mass is 9.96. The number of nitrogens with zero attached hydrogens (tertiary/aromatic N) is 2. The Morgan fingerprint density at radius 2 is 2.10 bits per heavy atom. The maximum absolute atomic E-state index is 13.7. The first-order valence-electron chi connectivity index (χ1n) is 9.39. The van der Waals surface area contributed by atoms with Crippen molar-refractivity contribution in [2.75, 3.05) is 18.5 Å². The summed E-state index contributed by atoms with van der Waals surface area (Å²) in [7, 11) is 0. The van der Waals surface area contributed by atoms with E-state index in [4.69, 9.17) is 4.74 Å². The smallest absolute Gasteiger partial charge is 0.376 e. The van der Waals surface area contributed by atoms with Crippen molar-refractivity contribution in [3.63, 3.8) is 0 Å². The van der Waals surface area contributed by atoms with Gasteiger partial charge in [-0.1, -0.05) is 28.1 Å². The highest BCUT2D eigenvalue weighted by Crippen LogP contribution is 2.44. The molecule has 0 unspecified atom stereocenters. The summed E-state index contributed by atoms with van der Waals surface area (Å²) in [6, 6.07) is 4.67. The van der Waals surface area contributed by atoms with Crippen LogP contribution in [0.5, 0.6) is 0 Å². The predicted molar refractivity (Wildman–Crippen MR) is 104 cm³/mol. The van der Waals surface area contributed by atoms with Crippen molar-refractivity contribution in [1.82, 2.24) is 15.1 Å². The van der Waals surface area contributed by atoms with E-state index < -0.39 is 24.2 Å². The van der Waals surface area contributed by atoms with E-state index in [1.165, 1.54) is 6.20 Å². The van der Waals surface area contributed by atoms with Crippen molar-refractivity contribution < 1.29 is 22.7 Å². The van der Waals surface area contributed by atoms with E-state index in [-0.39, 0.29) is 23.9 Å². The van der Waals surface area contributed by atoms with Gasteiger partial charge in [0, 0.05) is 24.0 Å². The molecule has 2 N–H and O–H groups in total. The fraction of sp³-hybridized carbons (Fsp3) is 0.474. The summed E-state index contributed by atoms with van der Waals surface area (Å²) in [4.78, 5) is 12.6. The molecule has 2 aliphatic heterocycles. The average Bonchev–Trinajstić information content (AvgIpc) is 3.35. The number of rotatable bonds is 4. The second-order valence-corrected chi connectivity index (χ2v) is 8.15. The molecule has 3 heterocycles. The van der Waals surface area contributed by atoms with Gasteiger partial charge in [0.2, 0.25) is 0 Å². The normalized spacial score (nSPS) is 24.1. The van der Waals surface area contributed by atoms with Crippen LogP contribution < -0.4 is 10.6 Å². The zero-order valence-electron chi connectivity index (χ0n) is 15.4. The summed E-state index contributed by atoms with van der Waals surface area (Å²) in [6.07, 6.45) is -1.77. The third-order valence-electron chi connectivity index (χ3n) is 5.27. The maximum Gasteiger partial charge on any atom is 0.410 e. The van der Waals surface area contributed by atoms with Gasteiger partial charge in [-0.15, -0.1) is 0 Å². The summed E-state index contributed by atoms with van der Waals surface area (Å²) in [5, 5.41) is 9.72. The third-order valence-corrected chi connectivity index (χ3v) is 5.80. The lowest BCUT2D eigenvalue weighted by molar-refractivity contribution is -0.173. The fourth-order valence-corrected chi connectivity index (χ4v) is 4.01. The van der Waals surface area contributed by atoms with Crippen LogP contribution in [0, 0.1) is 0 Å². The molecule has 0 radical (unpaired) electrons. The molecule has 2 aliphatic rings. The molecule has 4 rings (SSSR count). The van der Waals surface area contributed by atoms with Crippen molar-refractivity contribution >= 4 is 27.7 Å². The molecule has 0 bridgehead atoms. The standard InChI is InChI=1S/C19H20BrF3N4O2/c20-12-5-3-11(4-6-12)15-8-16(19(21,22)23)27-17(26-15)14(10-25-27)18(28)24-9-13-2-1-7-29-13/h3-6,10,13,15-16,26H,1-2,7-9H2,(H,24,28)/t13-,15-,16-/m1/s1. The zero-order chi connectivity index (χ0) is 20.6. The van der Waals surface area contributed by atoms with E-state index in [0.717, 1.165) is 22.0 Å². The van der Waals surface area contributed by atoms with Crippen LogP contribution in [-0.4, -0.2) is 41.1 Å². The van der Waals surface area contributed by atoms with Crippen molar-refractivity contribution in [3.8, 4) is 0 Å². The van der Waals surface area contributed by atoms with Crippen LogP contribution in [0.1, 0.15) is 47.3 Å². The van der Waals surface area contributed by atoms with Crippen LogP contribution in [-0.2, 0) is 4.74 Å². The molecule has 1 fully saturated rings. The summed E-state index contributed by atoms with van der Waals surface area (Å²) in [6.45, 7) is 0.982. The van der Waals surface area contributed by atoms with Crippen molar-refractivity contribution in [2.24, 2.45) is 0 Å². The Hall–Kier alpha value is -2.07. The second-order valence-electron chi connectivity index (χ2n) is 7.24. The lowest BCUT2D eigenvalue weighted by Gasteiger charge is -2.34. The number of hydrogen-bond donors (Lipinski definition) is 2. The molecule has 3 atom stereocenters. The summed E-state index contributed by atoms with van der Waals surface area (Å²) in [5.41, 5.74) is 0.805. The SMILES string of the molecule is O=C(NC[C@H]1CCCO1)c1cnn2c1N[C@@H](c1ccc(Br)cc1)C[C@@H]2C(F)(F)F. The number of carbonyl (C=O) groups is 1. The molecule has 6 nitrogen and oxygen atoms in total. The number of carbonyl (C=O) groups excluding carboxylic acids is 1. The maximum atomic E-state index is 13.7. The number of hydrogen-bond acceptors (Lipinski definition) is 4. The molecule has 0 aliphatic carbocycles. The summed E-state index contributed by atoms with van der Waals surface area (Å²) < 4.78 is 48.4. The molecule has 29 heavy (non-hydrogen) atoms. The first-order valence-corrected chi connectivity index (χ1v) is 10.2. The van der Waals surface area contributed by atoms with Gasteiger partial charge in [-0.05, 0) is 30.5 Å². The number of benzene rings is 1. The molecule has 1 amide bonds. The van der Waals surface area contributed by atoms with Crippen LogP contribution in [0.15, 0.2) is 34.9 Å². The van der Waals surface area contributed by atoms with E-state index in [2.05, 4.69) is 31.7 Å². The van der Waals surface area contributed by atoms with Crippen molar-refractivity contribution in [2.45, 2.75) is 43.6 Å². The molecule has 1 saturated heterocycles. The second kappa shape index (κ2) is 7.98. The van der Waals surface area contributed by atoms with Gasteiger partial charge in [0.25, 0.3) is 5.91 Å². The Morgan fingerprint density at radius 1 is 1.34 bits per heavy atom. The Bertz CT molecular complexity index is 879. The number of ether oxygens (including phenoxy) is 1. The summed E-state index contributed by atoms with van der Waals surface area (Å²) in [5.74, 6) is -0.386. The minimum atomic E-state index is -4.48. The Labute approximate surface area is 173 Å². The van der Waals surface area contributed by atoms with Crippen LogP contribution in [0.25, 0.3) is 0 Å². The van der Waals surface area contributed by atoms with E-state index in [1.807, 2.05) is 0 Å². The number of amides is 1. The van der Waals surface area contributed by atoms with Crippen LogP contribution in [0.4, 0.5) is 19.0 Å². The monoisotopic (exact) mass is 472 g/mol. The molecule has 0 spiro atoms. The Morgan fingerprint density at radius 3 is 2.76 bits per heavy atom. The van der Waals surface area contributed by atoms with Gasteiger partial charge in [-0.25, -0.2) is 4.68 Å². The topological polar surface area (TPSA) is 68.2 Å². The Kier molecular flexibility index (Phi) is 5.56. The van der Waals surface area contributed by atoms with Crippen LogP contribution in [0.3, 0.4) is 0 Å². The van der Waals surface area contributed by atoms with Gasteiger partial charge >= 0.3 is 6.18 Å². The molecule has 0 saturated carbocycles. The molecular formula is C19H20BrF3N4O2. The van der Waals surface area contributed by atoms with Gasteiger partial charge in [-0.3, -0.25) is 4.79 Å². The molecule has 1 aromatic carbocycles. The van der Waals surface area contributed by atoms with Gasteiger partial charge < -0.3 is 15.4 Å². The molecule has 156 valence electrons. The minimum absolute atomic E-state index is 0.0586. The fourth-order valence-electron chi connectivity index (χ4n) is 3.75. The van der Waals surface area contributed by atoms with Gasteiger partial charge in [-0.2, -0.15) is 18.3 Å². The number of nitrogens with one attached hydrogen (secondary N) is 2. The van der Waals surface area contributed by atoms with Gasteiger partial charge in [0.05, 0.1) is 18.3 Å². The van der Waals surface area contributed by atoms with E-state index >= 15 is 0 Å². The third kappa shape index (κ3) is 4.28. The zero-order valence-corrected chi connectivity index (χ0v) is 17.0. The summed E-state index contributed by atoms with van der Waals surface area (Å²) >= 11 is 3.33. The number of fused-ring (bicyclic) bond motifs is 1. The van der Waals surface area contributed by atoms with E-state index in [0.29, 0.717) is 18.7 Å². The number of halogens is 4. The largest absolute Gasteiger partial charge is 0.410 e. The first kappa shape index (κ1) is 20.2. The predicted octanol–water partition coefficient (Wildman–Crippen LogP) is 4.21. The molecule has 2 aromatic rings. The first-order chi connectivity index (χ1) is 13.8. The average molecular weight is 473 g/mol. The number of alkyl halides is 3. The highest BCUT2D eigenvalue weighted by molar-refractivity contribution is 9.10. The number of anilines is 1. The number of aromatic nitrogens is 2. The quantitative estimate of drug-likeness (QED) is 0.698.